The van der Waals surface area contributed by atoms with Gasteiger partial charge in [-0.3, -0.25) is 4.79 Å². The highest BCUT2D eigenvalue weighted by Gasteiger charge is 2.33. The first-order valence-corrected chi connectivity index (χ1v) is 9.61. The molecule has 0 spiro atoms. The first-order valence-electron chi connectivity index (χ1n) is 9.61. The number of benzene rings is 2. The largest absolute Gasteiger partial charge is 0.390 e. The van der Waals surface area contributed by atoms with Gasteiger partial charge in [0.1, 0.15) is 11.6 Å². The molecule has 4 nitrogen and oxygen atoms in total. The fourth-order valence-electron chi connectivity index (χ4n) is 3.59. The molecule has 1 fully saturated rings. The number of nitrogens with zero attached hydrogens (tertiary/aromatic N) is 2. The SMILES string of the molecule is O=C(C1CCC1)N(Cc1ccccc1F)C[C@H]1CC(c2cccc(F)c2)=NO1. The maximum absolute atomic E-state index is 14.1. The van der Waals surface area contributed by atoms with E-state index in [9.17, 15) is 13.6 Å². The third-order valence-corrected chi connectivity index (χ3v) is 5.40. The van der Waals surface area contributed by atoms with E-state index in [0.29, 0.717) is 29.8 Å². The minimum absolute atomic E-state index is 0.0109. The Balaban J connectivity index is 1.45. The van der Waals surface area contributed by atoms with E-state index in [-0.39, 0.29) is 36.1 Å². The van der Waals surface area contributed by atoms with E-state index < -0.39 is 0 Å². The molecule has 0 unspecified atom stereocenters. The summed E-state index contributed by atoms with van der Waals surface area (Å²) in [4.78, 5) is 20.1. The second-order valence-corrected chi connectivity index (χ2v) is 7.42. The van der Waals surface area contributed by atoms with Gasteiger partial charge in [0, 0.05) is 30.0 Å². The lowest BCUT2D eigenvalue weighted by Crippen LogP contribution is -2.42. The standard InChI is InChI=1S/C22H22F2N2O2/c23-18-9-4-8-16(11-18)21-12-19(28-25-21)14-26(22(27)15-6-3-7-15)13-17-5-1-2-10-20(17)24/h1-2,4-5,8-11,15,19H,3,6-7,12-14H2/t19-/m1/s1. The van der Waals surface area contributed by atoms with Gasteiger partial charge in [-0.25, -0.2) is 8.78 Å². The quantitative estimate of drug-likeness (QED) is 0.746. The van der Waals surface area contributed by atoms with Crippen LogP contribution in [0.3, 0.4) is 0 Å². The molecule has 0 N–H and O–H groups in total. The van der Waals surface area contributed by atoms with Crippen LogP contribution in [0, 0.1) is 17.6 Å². The maximum Gasteiger partial charge on any atom is 0.226 e. The highest BCUT2D eigenvalue weighted by atomic mass is 19.1. The normalized spacial score (nSPS) is 18.9. The van der Waals surface area contributed by atoms with Gasteiger partial charge in [0.15, 0.2) is 6.10 Å². The van der Waals surface area contributed by atoms with Crippen molar-refractivity contribution in [2.24, 2.45) is 11.1 Å². The maximum atomic E-state index is 14.1. The zero-order valence-electron chi connectivity index (χ0n) is 15.5. The smallest absolute Gasteiger partial charge is 0.226 e. The Kier molecular flexibility index (Phi) is 5.37. The molecule has 6 heteroatoms. The summed E-state index contributed by atoms with van der Waals surface area (Å²) < 4.78 is 27.6. The van der Waals surface area contributed by atoms with Crippen molar-refractivity contribution in [2.75, 3.05) is 6.54 Å². The van der Waals surface area contributed by atoms with E-state index in [4.69, 9.17) is 4.84 Å². The zero-order chi connectivity index (χ0) is 19.5. The van der Waals surface area contributed by atoms with Crippen molar-refractivity contribution < 1.29 is 18.4 Å². The molecular weight excluding hydrogens is 362 g/mol. The van der Waals surface area contributed by atoms with Gasteiger partial charge in [0.25, 0.3) is 0 Å². The number of amides is 1. The Morgan fingerprint density at radius 2 is 1.96 bits per heavy atom. The van der Waals surface area contributed by atoms with Crippen molar-refractivity contribution in [2.45, 2.75) is 38.3 Å². The summed E-state index contributed by atoms with van der Waals surface area (Å²) in [6, 6.07) is 12.7. The number of halogens is 2. The summed E-state index contributed by atoms with van der Waals surface area (Å²) in [5.41, 5.74) is 1.82. The molecule has 2 aliphatic rings. The molecule has 146 valence electrons. The molecule has 2 aromatic rings. The van der Waals surface area contributed by atoms with Crippen molar-refractivity contribution in [3.05, 3.63) is 71.3 Å². The van der Waals surface area contributed by atoms with Crippen molar-refractivity contribution in [1.82, 2.24) is 4.90 Å². The lowest BCUT2D eigenvalue weighted by atomic mass is 9.84. The van der Waals surface area contributed by atoms with Crippen LogP contribution in [0.5, 0.6) is 0 Å². The van der Waals surface area contributed by atoms with Crippen LogP contribution in [0.4, 0.5) is 8.78 Å². The number of hydrogen-bond acceptors (Lipinski definition) is 3. The summed E-state index contributed by atoms with van der Waals surface area (Å²) in [5, 5.41) is 4.08. The van der Waals surface area contributed by atoms with Crippen LogP contribution in [0.2, 0.25) is 0 Å². The summed E-state index contributed by atoms with van der Waals surface area (Å²) in [7, 11) is 0. The number of oxime groups is 1. The minimum Gasteiger partial charge on any atom is -0.390 e. The number of carbonyl (C=O) groups is 1. The highest BCUT2D eigenvalue weighted by Crippen LogP contribution is 2.30. The first kappa shape index (κ1) is 18.6. The van der Waals surface area contributed by atoms with Gasteiger partial charge in [-0.05, 0) is 31.0 Å². The van der Waals surface area contributed by atoms with Gasteiger partial charge in [-0.2, -0.15) is 0 Å². The molecule has 1 aliphatic carbocycles. The molecule has 0 radical (unpaired) electrons. The molecule has 1 aliphatic heterocycles. The van der Waals surface area contributed by atoms with Crippen molar-refractivity contribution >= 4 is 11.6 Å². The zero-order valence-corrected chi connectivity index (χ0v) is 15.5. The Bertz CT molecular complexity index is 896. The van der Waals surface area contributed by atoms with Gasteiger partial charge in [0.2, 0.25) is 5.91 Å². The van der Waals surface area contributed by atoms with E-state index in [1.165, 1.54) is 18.2 Å². The van der Waals surface area contributed by atoms with Gasteiger partial charge in [-0.15, -0.1) is 0 Å². The average Bonchev–Trinajstić information content (AvgIpc) is 3.10. The topological polar surface area (TPSA) is 41.9 Å². The van der Waals surface area contributed by atoms with Crippen LogP contribution >= 0.6 is 0 Å². The van der Waals surface area contributed by atoms with Crippen molar-refractivity contribution in [3.63, 3.8) is 0 Å². The Labute approximate surface area is 162 Å². The van der Waals surface area contributed by atoms with Crippen LogP contribution in [0.15, 0.2) is 53.7 Å². The lowest BCUT2D eigenvalue weighted by molar-refractivity contribution is -0.140. The molecule has 4 rings (SSSR count). The van der Waals surface area contributed by atoms with E-state index in [1.807, 2.05) is 0 Å². The van der Waals surface area contributed by atoms with E-state index in [0.717, 1.165) is 19.3 Å². The Morgan fingerprint density at radius 3 is 2.68 bits per heavy atom. The first-order chi connectivity index (χ1) is 13.6. The third kappa shape index (κ3) is 4.06. The molecule has 1 amide bonds. The van der Waals surface area contributed by atoms with Crippen LogP contribution in [0.25, 0.3) is 0 Å². The fourth-order valence-corrected chi connectivity index (χ4v) is 3.59. The van der Waals surface area contributed by atoms with Gasteiger partial charge in [0.05, 0.1) is 12.3 Å². The molecule has 0 bridgehead atoms. The summed E-state index contributed by atoms with van der Waals surface area (Å²) in [5.74, 6) is -0.600. The van der Waals surface area contributed by atoms with E-state index >= 15 is 0 Å². The van der Waals surface area contributed by atoms with Gasteiger partial charge in [-0.1, -0.05) is 41.9 Å². The molecule has 0 saturated heterocycles. The van der Waals surface area contributed by atoms with Crippen LogP contribution in [0.1, 0.15) is 36.8 Å². The predicted molar refractivity (Wildman–Crippen MR) is 102 cm³/mol. The summed E-state index contributed by atoms with van der Waals surface area (Å²) >= 11 is 0. The molecular formula is C22H22F2N2O2. The van der Waals surface area contributed by atoms with Crippen LogP contribution in [-0.4, -0.2) is 29.2 Å². The second-order valence-electron chi connectivity index (χ2n) is 7.42. The molecule has 1 saturated carbocycles. The third-order valence-electron chi connectivity index (χ3n) is 5.40. The van der Waals surface area contributed by atoms with Gasteiger partial charge >= 0.3 is 0 Å². The number of hydrogen-bond donors (Lipinski definition) is 0. The van der Waals surface area contributed by atoms with Crippen molar-refractivity contribution in [1.29, 1.82) is 0 Å². The van der Waals surface area contributed by atoms with Crippen molar-refractivity contribution in [3.8, 4) is 0 Å². The lowest BCUT2D eigenvalue weighted by Gasteiger charge is -2.32. The second kappa shape index (κ2) is 8.09. The Hall–Kier alpha value is -2.76. The monoisotopic (exact) mass is 384 g/mol. The predicted octanol–water partition coefficient (Wildman–Crippen LogP) is 4.29. The van der Waals surface area contributed by atoms with E-state index in [1.54, 1.807) is 35.2 Å². The molecule has 1 heterocycles. The summed E-state index contributed by atoms with van der Waals surface area (Å²) in [6.07, 6.45) is 2.96. The van der Waals surface area contributed by atoms with Crippen LogP contribution in [-0.2, 0) is 16.2 Å². The average molecular weight is 384 g/mol. The highest BCUT2D eigenvalue weighted by molar-refractivity contribution is 6.01. The summed E-state index contributed by atoms with van der Waals surface area (Å²) in [6.45, 7) is 0.531. The van der Waals surface area contributed by atoms with Crippen LogP contribution < -0.4 is 0 Å². The number of rotatable bonds is 6. The molecule has 2 aromatic carbocycles. The van der Waals surface area contributed by atoms with Gasteiger partial charge < -0.3 is 9.74 Å². The fraction of sp³-hybridized carbons (Fsp3) is 0.364. The molecule has 28 heavy (non-hydrogen) atoms. The number of carbonyl (C=O) groups excluding carboxylic acids is 1. The minimum atomic E-state index is -0.329. The molecule has 1 atom stereocenters. The Morgan fingerprint density at radius 1 is 1.14 bits per heavy atom. The van der Waals surface area contributed by atoms with E-state index in [2.05, 4.69) is 5.16 Å². The molecule has 0 aromatic heterocycles.